The van der Waals surface area contributed by atoms with Crippen molar-refractivity contribution >= 4 is 23.6 Å². The van der Waals surface area contributed by atoms with Gasteiger partial charge in [0.25, 0.3) is 0 Å². The Kier molecular flexibility index (Phi) is 7.16. The van der Waals surface area contributed by atoms with Crippen LogP contribution in [0.25, 0.3) is 0 Å². The molecule has 1 rings (SSSR count). The van der Waals surface area contributed by atoms with Gasteiger partial charge in [0.05, 0.1) is 12.9 Å². The van der Waals surface area contributed by atoms with Gasteiger partial charge in [0.1, 0.15) is 0 Å². The molecule has 1 aliphatic rings. The molecule has 1 heterocycles. The van der Waals surface area contributed by atoms with Crippen LogP contribution in [0.1, 0.15) is 32.6 Å². The van der Waals surface area contributed by atoms with E-state index in [0.717, 1.165) is 38.1 Å². The summed E-state index contributed by atoms with van der Waals surface area (Å²) in [5, 5.41) is 0. The maximum atomic E-state index is 11.9. The lowest BCUT2D eigenvalue weighted by Crippen LogP contribution is -2.39. The van der Waals surface area contributed by atoms with E-state index in [1.54, 1.807) is 11.8 Å². The van der Waals surface area contributed by atoms with Crippen molar-refractivity contribution < 1.29 is 14.3 Å². The number of esters is 1. The zero-order chi connectivity index (χ0) is 13.4. The predicted molar refractivity (Wildman–Crippen MR) is 73.6 cm³/mol. The molecule has 0 saturated carbocycles. The molecule has 0 radical (unpaired) electrons. The number of likely N-dealkylation sites (tertiary alicyclic amines) is 1. The largest absolute Gasteiger partial charge is 0.469 e. The molecule has 4 nitrogen and oxygen atoms in total. The topological polar surface area (TPSA) is 46.6 Å². The van der Waals surface area contributed by atoms with Crippen LogP contribution in [-0.4, -0.2) is 48.5 Å². The summed E-state index contributed by atoms with van der Waals surface area (Å²) in [6.07, 6.45) is 3.43. The molecule has 0 aromatic heterocycles. The summed E-state index contributed by atoms with van der Waals surface area (Å²) in [4.78, 5) is 25.0. The van der Waals surface area contributed by atoms with Crippen molar-refractivity contribution in [2.45, 2.75) is 32.6 Å². The molecule has 0 spiro atoms. The molecule has 104 valence electrons. The highest BCUT2D eigenvalue weighted by Crippen LogP contribution is 2.21. The number of hydrogen-bond acceptors (Lipinski definition) is 4. The maximum Gasteiger partial charge on any atom is 0.305 e. The molecule has 0 N–H and O–H groups in total. The van der Waals surface area contributed by atoms with Crippen LogP contribution in [0.3, 0.4) is 0 Å². The van der Waals surface area contributed by atoms with Crippen molar-refractivity contribution in [3.8, 4) is 0 Å². The van der Waals surface area contributed by atoms with Gasteiger partial charge in [-0.1, -0.05) is 6.92 Å². The van der Waals surface area contributed by atoms with Gasteiger partial charge in [0.2, 0.25) is 5.91 Å². The quantitative estimate of drug-likeness (QED) is 0.548. The van der Waals surface area contributed by atoms with Crippen molar-refractivity contribution in [1.82, 2.24) is 4.90 Å². The second-order valence-corrected chi connectivity index (χ2v) is 5.76. The van der Waals surface area contributed by atoms with E-state index < -0.39 is 0 Å². The maximum absolute atomic E-state index is 11.9. The molecule has 1 saturated heterocycles. The van der Waals surface area contributed by atoms with Gasteiger partial charge >= 0.3 is 5.97 Å². The van der Waals surface area contributed by atoms with Gasteiger partial charge in [-0.25, -0.2) is 0 Å². The van der Waals surface area contributed by atoms with Crippen molar-refractivity contribution in [3.63, 3.8) is 0 Å². The van der Waals surface area contributed by atoms with Crippen LogP contribution in [0.2, 0.25) is 0 Å². The summed E-state index contributed by atoms with van der Waals surface area (Å²) >= 11 is 1.70. The van der Waals surface area contributed by atoms with Gasteiger partial charge in [-0.05, 0) is 30.9 Å². The number of piperidine rings is 1. The minimum absolute atomic E-state index is 0.140. The lowest BCUT2D eigenvalue weighted by molar-refractivity contribution is -0.142. The summed E-state index contributed by atoms with van der Waals surface area (Å²) in [6, 6.07) is 0. The van der Waals surface area contributed by atoms with Crippen molar-refractivity contribution in [3.05, 3.63) is 0 Å². The molecule has 0 aromatic carbocycles. The minimum atomic E-state index is -0.140. The van der Waals surface area contributed by atoms with E-state index in [1.165, 1.54) is 7.11 Å². The Bertz CT molecular complexity index is 275. The van der Waals surface area contributed by atoms with Gasteiger partial charge in [-0.15, -0.1) is 0 Å². The van der Waals surface area contributed by atoms with E-state index in [2.05, 4.69) is 11.7 Å². The second-order valence-electron chi connectivity index (χ2n) is 4.66. The third-order valence-electron chi connectivity index (χ3n) is 3.22. The summed E-state index contributed by atoms with van der Waals surface area (Å²) in [7, 11) is 1.42. The number of methoxy groups -OCH3 is 1. The second kappa shape index (κ2) is 8.40. The first-order valence-corrected chi connectivity index (χ1v) is 7.75. The van der Waals surface area contributed by atoms with Crippen LogP contribution < -0.4 is 0 Å². The average Bonchev–Trinajstić information content (AvgIpc) is 2.39. The van der Waals surface area contributed by atoms with Crippen molar-refractivity contribution in [1.29, 1.82) is 0 Å². The van der Waals surface area contributed by atoms with E-state index in [0.29, 0.717) is 18.1 Å². The molecule has 18 heavy (non-hydrogen) atoms. The van der Waals surface area contributed by atoms with Crippen LogP contribution in [0.5, 0.6) is 0 Å². The summed E-state index contributed by atoms with van der Waals surface area (Å²) < 4.78 is 4.67. The number of amides is 1. The SMILES string of the molecule is CCCSCC(=O)N1CCC(CC(=O)OC)CC1. The fourth-order valence-corrected chi connectivity index (χ4v) is 2.89. The number of carbonyl (C=O) groups excluding carboxylic acids is 2. The molecular formula is C13H23NO3S. The Morgan fingerprint density at radius 1 is 1.33 bits per heavy atom. The van der Waals surface area contributed by atoms with Gasteiger partial charge < -0.3 is 9.64 Å². The Labute approximate surface area is 113 Å². The highest BCUT2D eigenvalue weighted by Gasteiger charge is 2.24. The van der Waals surface area contributed by atoms with Crippen LogP contribution in [0, 0.1) is 5.92 Å². The molecule has 5 heteroatoms. The van der Waals surface area contributed by atoms with E-state index in [-0.39, 0.29) is 11.9 Å². The van der Waals surface area contributed by atoms with E-state index in [4.69, 9.17) is 0 Å². The zero-order valence-corrected chi connectivity index (χ0v) is 12.1. The van der Waals surface area contributed by atoms with Gasteiger partial charge in [-0.2, -0.15) is 11.8 Å². The fourth-order valence-electron chi connectivity index (χ4n) is 2.10. The van der Waals surface area contributed by atoms with Gasteiger partial charge in [-0.3, -0.25) is 9.59 Å². The highest BCUT2D eigenvalue weighted by atomic mass is 32.2. The Balaban J connectivity index is 2.22. The monoisotopic (exact) mass is 273 g/mol. The van der Waals surface area contributed by atoms with Crippen LogP contribution >= 0.6 is 11.8 Å². The van der Waals surface area contributed by atoms with E-state index in [1.807, 2.05) is 4.90 Å². The first kappa shape index (κ1) is 15.3. The van der Waals surface area contributed by atoms with Gasteiger partial charge in [0, 0.05) is 19.5 Å². The molecule has 1 aliphatic heterocycles. The van der Waals surface area contributed by atoms with Crippen molar-refractivity contribution in [2.75, 3.05) is 31.7 Å². The molecule has 0 unspecified atom stereocenters. The number of ether oxygens (including phenoxy) is 1. The smallest absolute Gasteiger partial charge is 0.305 e. The highest BCUT2D eigenvalue weighted by molar-refractivity contribution is 7.99. The zero-order valence-electron chi connectivity index (χ0n) is 11.3. The molecule has 0 aromatic rings. The fraction of sp³-hybridized carbons (Fsp3) is 0.846. The molecule has 1 amide bonds. The van der Waals surface area contributed by atoms with Crippen LogP contribution in [0.15, 0.2) is 0 Å². The van der Waals surface area contributed by atoms with Gasteiger partial charge in [0.15, 0.2) is 0 Å². The molecule has 0 atom stereocenters. The number of nitrogens with zero attached hydrogens (tertiary/aromatic N) is 1. The number of hydrogen-bond donors (Lipinski definition) is 0. The molecular weight excluding hydrogens is 250 g/mol. The normalized spacial score (nSPS) is 16.7. The molecule has 0 aliphatic carbocycles. The Morgan fingerprint density at radius 2 is 2.00 bits per heavy atom. The standard InChI is InChI=1S/C13H23NO3S/c1-3-8-18-10-12(15)14-6-4-11(5-7-14)9-13(16)17-2/h11H,3-10H2,1-2H3. The average molecular weight is 273 g/mol. The molecule has 1 fully saturated rings. The Morgan fingerprint density at radius 3 is 2.56 bits per heavy atom. The van der Waals surface area contributed by atoms with Crippen LogP contribution in [-0.2, 0) is 14.3 Å². The lowest BCUT2D eigenvalue weighted by Gasteiger charge is -2.31. The van der Waals surface area contributed by atoms with E-state index in [9.17, 15) is 9.59 Å². The van der Waals surface area contributed by atoms with Crippen molar-refractivity contribution in [2.24, 2.45) is 5.92 Å². The minimum Gasteiger partial charge on any atom is -0.469 e. The summed E-state index contributed by atoms with van der Waals surface area (Å²) in [6.45, 7) is 3.69. The molecule has 0 bridgehead atoms. The number of thioether (sulfide) groups is 1. The predicted octanol–water partition coefficient (Wildman–Crippen LogP) is 1.93. The number of carbonyl (C=O) groups is 2. The lowest BCUT2D eigenvalue weighted by atomic mass is 9.93. The Hall–Kier alpha value is -0.710. The van der Waals surface area contributed by atoms with Crippen LogP contribution in [0.4, 0.5) is 0 Å². The number of rotatable bonds is 6. The summed E-state index contributed by atoms with van der Waals surface area (Å²) in [5.74, 6) is 2.12. The first-order valence-electron chi connectivity index (χ1n) is 6.59. The third-order valence-corrected chi connectivity index (χ3v) is 4.37. The first-order chi connectivity index (χ1) is 8.67. The van der Waals surface area contributed by atoms with E-state index >= 15 is 0 Å². The third kappa shape index (κ3) is 5.29. The summed E-state index contributed by atoms with van der Waals surface area (Å²) in [5.41, 5.74) is 0.